The van der Waals surface area contributed by atoms with E-state index in [1.54, 1.807) is 12.4 Å². The Morgan fingerprint density at radius 3 is 2.56 bits per heavy atom. The van der Waals surface area contributed by atoms with Crippen LogP contribution in [0.3, 0.4) is 0 Å². The molecule has 1 heterocycles. The molecule has 126 valence electrons. The Morgan fingerprint density at radius 1 is 1.00 bits per heavy atom. The summed E-state index contributed by atoms with van der Waals surface area (Å²) in [6.45, 7) is 8.37. The molecule has 4 nitrogen and oxygen atoms in total. The summed E-state index contributed by atoms with van der Waals surface area (Å²) in [4.78, 5) is 8.86. The van der Waals surface area contributed by atoms with E-state index in [1.165, 1.54) is 16.7 Å². The van der Waals surface area contributed by atoms with Gasteiger partial charge in [0, 0.05) is 16.6 Å². The van der Waals surface area contributed by atoms with Gasteiger partial charge < -0.3 is 10.4 Å². The number of aromatic hydroxyl groups is 1. The number of fused-ring (bicyclic) bond motifs is 2. The predicted octanol–water partition coefficient (Wildman–Crippen LogP) is 5.05. The number of allylic oxidation sites excluding steroid dienone is 2. The number of phenols is 1. The van der Waals surface area contributed by atoms with Crippen LogP contribution in [0.25, 0.3) is 16.5 Å². The van der Waals surface area contributed by atoms with Crippen molar-refractivity contribution >= 4 is 28.0 Å². The Balaban J connectivity index is 1.83. The molecule has 0 saturated carbocycles. The molecule has 0 spiro atoms. The minimum Gasteiger partial charge on any atom is -0.507 e. The van der Waals surface area contributed by atoms with E-state index in [0.29, 0.717) is 5.75 Å². The molecule has 1 aliphatic carbocycles. The Morgan fingerprint density at radius 2 is 1.76 bits per heavy atom. The summed E-state index contributed by atoms with van der Waals surface area (Å²) in [5, 5.41) is 14.7. The number of aromatic nitrogens is 2. The summed E-state index contributed by atoms with van der Waals surface area (Å²) < 4.78 is 0. The van der Waals surface area contributed by atoms with Crippen molar-refractivity contribution in [1.82, 2.24) is 9.97 Å². The predicted molar refractivity (Wildman–Crippen MR) is 102 cm³/mol. The van der Waals surface area contributed by atoms with E-state index >= 15 is 0 Å². The molecular formula is C21H21N3O. The molecule has 25 heavy (non-hydrogen) atoms. The summed E-state index contributed by atoms with van der Waals surface area (Å²) in [6.07, 6.45) is 2.44. The van der Waals surface area contributed by atoms with E-state index in [2.05, 4.69) is 55.1 Å². The van der Waals surface area contributed by atoms with Gasteiger partial charge in [-0.3, -0.25) is 0 Å². The normalized spacial score (nSPS) is 13.4. The highest BCUT2D eigenvalue weighted by atomic mass is 16.3. The number of aryl methyl sites for hydroxylation is 2. The Labute approximate surface area is 147 Å². The SMILES string of the molecule is CC1=C(C)c2c(O)ccc(Nc3ncnc4cc(C)c(C)cc34)c2C1. The molecule has 1 aromatic heterocycles. The maximum atomic E-state index is 10.3. The van der Waals surface area contributed by atoms with Crippen LogP contribution in [0, 0.1) is 13.8 Å². The molecule has 0 atom stereocenters. The van der Waals surface area contributed by atoms with Gasteiger partial charge in [-0.25, -0.2) is 9.97 Å². The monoisotopic (exact) mass is 331 g/mol. The fourth-order valence-electron chi connectivity index (χ4n) is 3.51. The van der Waals surface area contributed by atoms with Gasteiger partial charge in [-0.2, -0.15) is 0 Å². The van der Waals surface area contributed by atoms with Crippen LogP contribution in [0.15, 0.2) is 36.2 Å². The zero-order chi connectivity index (χ0) is 17.7. The maximum absolute atomic E-state index is 10.3. The second-order valence-corrected chi connectivity index (χ2v) is 6.87. The van der Waals surface area contributed by atoms with Crippen LogP contribution in [-0.2, 0) is 6.42 Å². The van der Waals surface area contributed by atoms with E-state index in [0.717, 1.165) is 45.5 Å². The zero-order valence-corrected chi connectivity index (χ0v) is 14.9. The van der Waals surface area contributed by atoms with Gasteiger partial charge in [0.05, 0.1) is 5.52 Å². The standard InChI is InChI=1S/C21H21N3O/c1-11-7-16-18(9-12(11)2)22-10-23-21(16)24-17-5-6-19(25)20-14(4)13(3)8-15(17)20/h5-7,9-10,25H,8H2,1-4H3,(H,22,23,24). The quantitative estimate of drug-likeness (QED) is 0.646. The van der Waals surface area contributed by atoms with Crippen molar-refractivity contribution in [1.29, 1.82) is 0 Å². The highest BCUT2D eigenvalue weighted by Crippen LogP contribution is 2.42. The number of rotatable bonds is 2. The molecule has 2 N–H and O–H groups in total. The molecular weight excluding hydrogens is 310 g/mol. The lowest BCUT2D eigenvalue weighted by Gasteiger charge is -2.14. The van der Waals surface area contributed by atoms with Gasteiger partial charge in [0.15, 0.2) is 0 Å². The van der Waals surface area contributed by atoms with Crippen molar-refractivity contribution < 1.29 is 5.11 Å². The first-order valence-corrected chi connectivity index (χ1v) is 8.46. The van der Waals surface area contributed by atoms with Crippen LogP contribution in [0.1, 0.15) is 36.1 Å². The molecule has 0 bridgehead atoms. The topological polar surface area (TPSA) is 58.0 Å². The lowest BCUT2D eigenvalue weighted by molar-refractivity contribution is 0.473. The summed E-state index contributed by atoms with van der Waals surface area (Å²) in [6, 6.07) is 7.90. The van der Waals surface area contributed by atoms with Gasteiger partial charge in [-0.1, -0.05) is 5.57 Å². The van der Waals surface area contributed by atoms with E-state index < -0.39 is 0 Å². The van der Waals surface area contributed by atoms with Gasteiger partial charge in [-0.05, 0) is 80.6 Å². The van der Waals surface area contributed by atoms with Crippen molar-refractivity contribution in [3.8, 4) is 5.75 Å². The minimum absolute atomic E-state index is 0.342. The number of benzene rings is 2. The molecule has 1 aliphatic rings. The smallest absolute Gasteiger partial charge is 0.141 e. The average Bonchev–Trinajstić information content (AvgIpc) is 2.88. The number of phenolic OH excluding ortho intramolecular Hbond substituents is 1. The molecule has 2 aromatic carbocycles. The largest absolute Gasteiger partial charge is 0.507 e. The summed E-state index contributed by atoms with van der Waals surface area (Å²) >= 11 is 0. The van der Waals surface area contributed by atoms with Crippen LogP contribution < -0.4 is 5.32 Å². The molecule has 0 saturated heterocycles. The van der Waals surface area contributed by atoms with Crippen molar-refractivity contribution in [2.75, 3.05) is 5.32 Å². The number of anilines is 2. The van der Waals surface area contributed by atoms with Gasteiger partial charge in [0.25, 0.3) is 0 Å². The molecule has 0 fully saturated rings. The summed E-state index contributed by atoms with van der Waals surface area (Å²) in [5.74, 6) is 1.14. The lowest BCUT2D eigenvalue weighted by atomic mass is 10.0. The number of nitrogens with one attached hydrogen (secondary N) is 1. The minimum atomic E-state index is 0.342. The average molecular weight is 331 g/mol. The van der Waals surface area contributed by atoms with Crippen LogP contribution in [0.4, 0.5) is 11.5 Å². The Hall–Kier alpha value is -2.88. The Bertz CT molecular complexity index is 1050. The van der Waals surface area contributed by atoms with Gasteiger partial charge in [0.1, 0.15) is 17.9 Å². The maximum Gasteiger partial charge on any atom is 0.141 e. The van der Waals surface area contributed by atoms with Crippen LogP contribution in [0.2, 0.25) is 0 Å². The van der Waals surface area contributed by atoms with Crippen molar-refractivity contribution in [2.45, 2.75) is 34.1 Å². The number of hydrogen-bond acceptors (Lipinski definition) is 4. The van der Waals surface area contributed by atoms with E-state index in [9.17, 15) is 5.11 Å². The van der Waals surface area contributed by atoms with Gasteiger partial charge in [0.2, 0.25) is 0 Å². The van der Waals surface area contributed by atoms with Crippen LogP contribution >= 0.6 is 0 Å². The van der Waals surface area contributed by atoms with E-state index in [-0.39, 0.29) is 0 Å². The van der Waals surface area contributed by atoms with E-state index in [4.69, 9.17) is 0 Å². The van der Waals surface area contributed by atoms with Gasteiger partial charge in [-0.15, -0.1) is 0 Å². The highest BCUT2D eigenvalue weighted by Gasteiger charge is 2.22. The molecule has 0 radical (unpaired) electrons. The van der Waals surface area contributed by atoms with Crippen LogP contribution in [0.5, 0.6) is 5.75 Å². The molecule has 0 aliphatic heterocycles. The van der Waals surface area contributed by atoms with Gasteiger partial charge >= 0.3 is 0 Å². The third-order valence-corrected chi connectivity index (χ3v) is 5.25. The second-order valence-electron chi connectivity index (χ2n) is 6.87. The molecule has 4 heteroatoms. The number of hydrogen-bond donors (Lipinski definition) is 2. The van der Waals surface area contributed by atoms with Crippen molar-refractivity contribution in [2.24, 2.45) is 0 Å². The van der Waals surface area contributed by atoms with Crippen LogP contribution in [-0.4, -0.2) is 15.1 Å². The Kier molecular flexibility index (Phi) is 3.49. The first-order chi connectivity index (χ1) is 12.0. The molecule has 0 unspecified atom stereocenters. The first kappa shape index (κ1) is 15.6. The van der Waals surface area contributed by atoms with Crippen molar-refractivity contribution in [3.05, 3.63) is 58.4 Å². The fourth-order valence-corrected chi connectivity index (χ4v) is 3.51. The highest BCUT2D eigenvalue weighted by molar-refractivity contribution is 5.93. The van der Waals surface area contributed by atoms with Crippen molar-refractivity contribution in [3.63, 3.8) is 0 Å². The summed E-state index contributed by atoms with van der Waals surface area (Å²) in [5.41, 5.74) is 8.89. The second kappa shape index (κ2) is 5.59. The molecule has 0 amide bonds. The fraction of sp³-hybridized carbons (Fsp3) is 0.238. The zero-order valence-electron chi connectivity index (χ0n) is 14.9. The third-order valence-electron chi connectivity index (χ3n) is 5.25. The molecule has 3 aromatic rings. The van der Waals surface area contributed by atoms with E-state index in [1.807, 2.05) is 6.07 Å². The third kappa shape index (κ3) is 2.45. The lowest BCUT2D eigenvalue weighted by Crippen LogP contribution is -2.00. The first-order valence-electron chi connectivity index (χ1n) is 8.46. The molecule has 4 rings (SSSR count). The number of nitrogens with zero attached hydrogens (tertiary/aromatic N) is 2. The summed E-state index contributed by atoms with van der Waals surface area (Å²) in [7, 11) is 0.